The molecule has 2 aromatic carbocycles. The second-order valence-corrected chi connectivity index (χ2v) is 7.48. The van der Waals surface area contributed by atoms with Crippen LogP contribution in [0, 0.1) is 0 Å². The van der Waals surface area contributed by atoms with Crippen LogP contribution in [-0.4, -0.2) is 32.8 Å². The summed E-state index contributed by atoms with van der Waals surface area (Å²) >= 11 is 5.96. The van der Waals surface area contributed by atoms with Crippen LogP contribution in [0.15, 0.2) is 60.8 Å². The molecule has 0 radical (unpaired) electrons. The molecule has 3 aromatic rings. The number of imidazole rings is 1. The highest BCUT2D eigenvalue weighted by Gasteiger charge is 2.26. The van der Waals surface area contributed by atoms with Gasteiger partial charge in [0.25, 0.3) is 5.91 Å². The van der Waals surface area contributed by atoms with Crippen molar-refractivity contribution in [3.63, 3.8) is 0 Å². The van der Waals surface area contributed by atoms with Gasteiger partial charge in [0.1, 0.15) is 0 Å². The van der Waals surface area contributed by atoms with Gasteiger partial charge in [-0.2, -0.15) is 0 Å². The molecule has 0 atom stereocenters. The number of rotatable bonds is 6. The lowest BCUT2D eigenvalue weighted by Crippen LogP contribution is -2.39. The average Bonchev–Trinajstić information content (AvgIpc) is 3.14. The van der Waals surface area contributed by atoms with E-state index in [9.17, 15) is 9.59 Å². The van der Waals surface area contributed by atoms with Crippen molar-refractivity contribution in [2.75, 3.05) is 6.54 Å². The number of carbonyl (C=O) groups is 2. The van der Waals surface area contributed by atoms with Crippen LogP contribution < -0.4 is 5.32 Å². The summed E-state index contributed by atoms with van der Waals surface area (Å²) in [5, 5.41) is 3.47. The number of benzene rings is 2. The topological polar surface area (TPSA) is 67.2 Å². The van der Waals surface area contributed by atoms with Gasteiger partial charge >= 0.3 is 0 Å². The molecule has 1 aliphatic heterocycles. The van der Waals surface area contributed by atoms with Crippen LogP contribution >= 0.6 is 11.6 Å². The summed E-state index contributed by atoms with van der Waals surface area (Å²) in [5.74, 6) is 0.221. The standard InChI is InChI=1S/C22H21ClN4O2/c23-18-8-4-7-17(11-18)12-20(28)24-13-19-15-26-9-10-27(22(29)21(26)25-19)14-16-5-2-1-3-6-16/h1-8,11,15H,9-10,12-14H2,(H,24,28). The van der Waals surface area contributed by atoms with Gasteiger partial charge in [0.15, 0.2) is 5.82 Å². The Balaban J connectivity index is 1.36. The summed E-state index contributed by atoms with van der Waals surface area (Å²) in [6.07, 6.45) is 2.09. The normalized spacial score (nSPS) is 13.3. The number of halogens is 1. The molecule has 6 nitrogen and oxygen atoms in total. The van der Waals surface area contributed by atoms with Crippen LogP contribution in [0.4, 0.5) is 0 Å². The first kappa shape index (κ1) is 19.2. The number of carbonyl (C=O) groups excluding carboxylic acids is 2. The molecular weight excluding hydrogens is 388 g/mol. The summed E-state index contributed by atoms with van der Waals surface area (Å²) < 4.78 is 1.86. The van der Waals surface area contributed by atoms with Crippen molar-refractivity contribution in [3.8, 4) is 0 Å². The van der Waals surface area contributed by atoms with Crippen LogP contribution in [0.1, 0.15) is 27.4 Å². The van der Waals surface area contributed by atoms with Gasteiger partial charge in [-0.1, -0.05) is 54.1 Å². The zero-order valence-electron chi connectivity index (χ0n) is 15.8. The van der Waals surface area contributed by atoms with Crippen LogP contribution in [0.2, 0.25) is 5.02 Å². The monoisotopic (exact) mass is 408 g/mol. The fourth-order valence-corrected chi connectivity index (χ4v) is 3.62. The number of hydrogen-bond acceptors (Lipinski definition) is 3. The molecular formula is C22H21ClN4O2. The summed E-state index contributed by atoms with van der Waals surface area (Å²) in [6.45, 7) is 2.18. The summed E-state index contributed by atoms with van der Waals surface area (Å²) in [5.41, 5.74) is 2.62. The highest BCUT2D eigenvalue weighted by atomic mass is 35.5. The lowest BCUT2D eigenvalue weighted by atomic mass is 10.1. The minimum Gasteiger partial charge on any atom is -0.350 e. The maximum atomic E-state index is 12.8. The predicted molar refractivity (Wildman–Crippen MR) is 110 cm³/mol. The Morgan fingerprint density at radius 2 is 1.86 bits per heavy atom. The van der Waals surface area contributed by atoms with Gasteiger partial charge in [-0.05, 0) is 23.3 Å². The van der Waals surface area contributed by atoms with Crippen LogP contribution in [0.3, 0.4) is 0 Å². The molecule has 1 N–H and O–H groups in total. The van der Waals surface area contributed by atoms with Gasteiger partial charge in [-0.3, -0.25) is 9.59 Å². The van der Waals surface area contributed by atoms with E-state index in [1.165, 1.54) is 0 Å². The number of nitrogens with one attached hydrogen (secondary N) is 1. The Morgan fingerprint density at radius 1 is 1.07 bits per heavy atom. The fourth-order valence-electron chi connectivity index (χ4n) is 3.41. The molecule has 7 heteroatoms. The maximum absolute atomic E-state index is 12.8. The lowest BCUT2D eigenvalue weighted by Gasteiger charge is -2.27. The molecule has 0 unspecified atom stereocenters. The van der Waals surface area contributed by atoms with Gasteiger partial charge in [-0.25, -0.2) is 4.98 Å². The maximum Gasteiger partial charge on any atom is 0.290 e. The zero-order chi connectivity index (χ0) is 20.2. The van der Waals surface area contributed by atoms with Crippen molar-refractivity contribution in [2.24, 2.45) is 0 Å². The highest BCUT2D eigenvalue weighted by Crippen LogP contribution is 2.16. The Hall–Kier alpha value is -3.12. The van der Waals surface area contributed by atoms with Gasteiger partial charge in [-0.15, -0.1) is 0 Å². The van der Waals surface area contributed by atoms with Gasteiger partial charge in [0.05, 0.1) is 18.7 Å². The minimum atomic E-state index is -0.115. The molecule has 2 amide bonds. The molecule has 0 fully saturated rings. The summed E-state index contributed by atoms with van der Waals surface area (Å²) in [4.78, 5) is 31.2. The molecule has 29 heavy (non-hydrogen) atoms. The summed E-state index contributed by atoms with van der Waals surface area (Å²) in [6, 6.07) is 17.1. The third-order valence-electron chi connectivity index (χ3n) is 4.85. The van der Waals surface area contributed by atoms with Crippen LogP contribution in [-0.2, 0) is 30.8 Å². The molecule has 0 saturated heterocycles. The second-order valence-electron chi connectivity index (χ2n) is 7.04. The molecule has 1 aromatic heterocycles. The van der Waals surface area contributed by atoms with E-state index < -0.39 is 0 Å². The largest absolute Gasteiger partial charge is 0.350 e. The third-order valence-corrected chi connectivity index (χ3v) is 5.09. The van der Waals surface area contributed by atoms with Crippen LogP contribution in [0.5, 0.6) is 0 Å². The second kappa shape index (κ2) is 8.49. The first-order chi connectivity index (χ1) is 14.1. The Bertz CT molecular complexity index is 1030. The molecule has 1 aliphatic rings. The van der Waals surface area contributed by atoms with E-state index in [1.807, 2.05) is 53.2 Å². The Labute approximate surface area is 174 Å². The summed E-state index contributed by atoms with van der Waals surface area (Å²) in [7, 11) is 0. The van der Waals surface area contributed by atoms with Crippen molar-refractivity contribution < 1.29 is 9.59 Å². The van der Waals surface area contributed by atoms with Gasteiger partial charge < -0.3 is 14.8 Å². The van der Waals surface area contributed by atoms with E-state index in [2.05, 4.69) is 10.3 Å². The number of hydrogen-bond donors (Lipinski definition) is 1. The zero-order valence-corrected chi connectivity index (χ0v) is 16.6. The van der Waals surface area contributed by atoms with Crippen molar-refractivity contribution in [2.45, 2.75) is 26.1 Å². The van der Waals surface area contributed by atoms with Crippen molar-refractivity contribution >= 4 is 23.4 Å². The SMILES string of the molecule is O=C(Cc1cccc(Cl)c1)NCc1cn2c(n1)C(=O)N(Cc1ccccc1)CC2. The molecule has 2 heterocycles. The van der Waals surface area contributed by atoms with Crippen LogP contribution in [0.25, 0.3) is 0 Å². The molecule has 0 bridgehead atoms. The van der Waals surface area contributed by atoms with Crippen molar-refractivity contribution in [1.82, 2.24) is 19.8 Å². The van der Waals surface area contributed by atoms with Gasteiger partial charge in [0, 0.05) is 30.9 Å². The van der Waals surface area contributed by atoms with E-state index in [0.717, 1.165) is 11.1 Å². The molecule has 4 rings (SSSR count). The van der Waals surface area contributed by atoms with Crippen molar-refractivity contribution in [1.29, 1.82) is 0 Å². The smallest absolute Gasteiger partial charge is 0.290 e. The fraction of sp³-hybridized carbons (Fsp3) is 0.227. The third kappa shape index (κ3) is 4.66. The molecule has 148 valence electrons. The van der Waals surface area contributed by atoms with E-state index >= 15 is 0 Å². The lowest BCUT2D eigenvalue weighted by molar-refractivity contribution is -0.120. The molecule has 0 saturated carbocycles. The van der Waals surface area contributed by atoms with E-state index in [-0.39, 0.29) is 24.8 Å². The first-order valence-corrected chi connectivity index (χ1v) is 9.86. The van der Waals surface area contributed by atoms with Crippen molar-refractivity contribution in [3.05, 3.63) is 88.5 Å². The highest BCUT2D eigenvalue weighted by molar-refractivity contribution is 6.30. The predicted octanol–water partition coefficient (Wildman–Crippen LogP) is 3.05. The van der Waals surface area contributed by atoms with Gasteiger partial charge in [0.2, 0.25) is 5.91 Å². The average molecular weight is 409 g/mol. The number of aromatic nitrogens is 2. The minimum absolute atomic E-state index is 0.0865. The molecule has 0 spiro atoms. The Kier molecular flexibility index (Phi) is 5.62. The quantitative estimate of drug-likeness (QED) is 0.681. The molecule has 0 aliphatic carbocycles. The first-order valence-electron chi connectivity index (χ1n) is 9.49. The van der Waals surface area contributed by atoms with E-state index in [0.29, 0.717) is 36.2 Å². The number of fused-ring (bicyclic) bond motifs is 1. The number of amides is 2. The van der Waals surface area contributed by atoms with E-state index in [1.54, 1.807) is 17.0 Å². The Morgan fingerprint density at radius 3 is 2.66 bits per heavy atom. The number of nitrogens with zero attached hydrogens (tertiary/aromatic N) is 3. The van der Waals surface area contributed by atoms with E-state index in [4.69, 9.17) is 11.6 Å².